The summed E-state index contributed by atoms with van der Waals surface area (Å²) in [6, 6.07) is 9.69. The molecule has 0 aliphatic rings. The molecule has 0 saturated carbocycles. The van der Waals surface area contributed by atoms with E-state index in [2.05, 4.69) is 13.2 Å². The van der Waals surface area contributed by atoms with Gasteiger partial charge in [0.2, 0.25) is 0 Å². The third-order valence-corrected chi connectivity index (χ3v) is 3.19. The number of halogens is 2. The topological polar surface area (TPSA) is 0 Å². The summed E-state index contributed by atoms with van der Waals surface area (Å²) in [6.07, 6.45) is 4.26. The second-order valence-electron chi connectivity index (χ2n) is 4.56. The Balaban J connectivity index is 2.57. The van der Waals surface area contributed by atoms with Crippen LogP contribution in [0.3, 0.4) is 0 Å². The molecule has 0 aromatic heterocycles. The van der Waals surface area contributed by atoms with E-state index in [1.807, 2.05) is 6.07 Å². The van der Waals surface area contributed by atoms with Crippen LogP contribution < -0.4 is 0 Å². The van der Waals surface area contributed by atoms with Crippen molar-refractivity contribution < 1.29 is 8.78 Å². The molecule has 0 bridgehead atoms. The Morgan fingerprint density at radius 1 is 0.850 bits per heavy atom. The van der Waals surface area contributed by atoms with Crippen molar-refractivity contribution in [1.29, 1.82) is 0 Å². The van der Waals surface area contributed by atoms with Gasteiger partial charge in [-0.15, -0.1) is 13.2 Å². The van der Waals surface area contributed by atoms with Crippen LogP contribution in [0, 0.1) is 11.6 Å². The van der Waals surface area contributed by atoms with E-state index in [4.69, 9.17) is 0 Å². The summed E-state index contributed by atoms with van der Waals surface area (Å²) in [5.41, 5.74) is 2.77. The first kappa shape index (κ1) is 14.2. The van der Waals surface area contributed by atoms with E-state index in [0.717, 1.165) is 11.1 Å². The summed E-state index contributed by atoms with van der Waals surface area (Å²) in [4.78, 5) is 0. The van der Waals surface area contributed by atoms with E-state index in [1.54, 1.807) is 30.4 Å². The van der Waals surface area contributed by atoms with Gasteiger partial charge in [-0.25, -0.2) is 8.78 Å². The maximum absolute atomic E-state index is 14.5. The van der Waals surface area contributed by atoms with Gasteiger partial charge in [-0.1, -0.05) is 36.4 Å². The fourth-order valence-corrected chi connectivity index (χ4v) is 2.23. The predicted molar refractivity (Wildman–Crippen MR) is 79.6 cm³/mol. The molecule has 0 saturated heterocycles. The lowest BCUT2D eigenvalue weighted by molar-refractivity contribution is 0.603. The van der Waals surface area contributed by atoms with Gasteiger partial charge in [-0.2, -0.15) is 0 Å². The highest BCUT2D eigenvalue weighted by Gasteiger charge is 2.13. The van der Waals surface area contributed by atoms with Crippen molar-refractivity contribution in [3.05, 3.63) is 84.5 Å². The molecule has 2 heteroatoms. The van der Waals surface area contributed by atoms with Gasteiger partial charge in [0.15, 0.2) is 0 Å². The molecule has 0 aliphatic heterocycles. The zero-order chi connectivity index (χ0) is 14.5. The Morgan fingerprint density at radius 3 is 2.10 bits per heavy atom. The quantitative estimate of drug-likeness (QED) is 0.664. The predicted octanol–water partition coefficient (Wildman–Crippen LogP) is 5.09. The average Bonchev–Trinajstić information content (AvgIpc) is 2.45. The van der Waals surface area contributed by atoms with Crippen molar-refractivity contribution in [3.8, 4) is 11.1 Å². The van der Waals surface area contributed by atoms with Crippen LogP contribution in [0.2, 0.25) is 0 Å². The molecule has 0 aliphatic carbocycles. The smallest absolute Gasteiger partial charge is 0.130 e. The third-order valence-electron chi connectivity index (χ3n) is 3.19. The van der Waals surface area contributed by atoms with Gasteiger partial charge >= 0.3 is 0 Å². The molecule has 0 spiro atoms. The highest BCUT2D eigenvalue weighted by Crippen LogP contribution is 2.29. The molecule has 2 aromatic rings. The van der Waals surface area contributed by atoms with Crippen LogP contribution in [0.25, 0.3) is 11.1 Å². The van der Waals surface area contributed by atoms with Gasteiger partial charge in [0, 0.05) is 0 Å². The summed E-state index contributed by atoms with van der Waals surface area (Å²) in [7, 11) is 0. The molecule has 0 unspecified atom stereocenters. The van der Waals surface area contributed by atoms with Gasteiger partial charge in [-0.3, -0.25) is 0 Å². The fourth-order valence-electron chi connectivity index (χ4n) is 2.23. The lowest BCUT2D eigenvalue weighted by atomic mass is 9.94. The lowest BCUT2D eigenvalue weighted by Crippen LogP contribution is -1.99. The van der Waals surface area contributed by atoms with Gasteiger partial charge in [-0.05, 0) is 47.2 Å². The second kappa shape index (κ2) is 6.29. The van der Waals surface area contributed by atoms with Crippen LogP contribution in [0.1, 0.15) is 11.1 Å². The van der Waals surface area contributed by atoms with Crippen molar-refractivity contribution in [2.24, 2.45) is 0 Å². The maximum atomic E-state index is 14.5. The molecule has 0 heterocycles. The first-order valence-electron chi connectivity index (χ1n) is 6.45. The minimum atomic E-state index is -0.303. The van der Waals surface area contributed by atoms with Crippen molar-refractivity contribution in [2.45, 2.75) is 12.8 Å². The van der Waals surface area contributed by atoms with E-state index in [9.17, 15) is 8.78 Å². The van der Waals surface area contributed by atoms with E-state index in [0.29, 0.717) is 24.0 Å². The van der Waals surface area contributed by atoms with E-state index >= 15 is 0 Å². The molecular weight excluding hydrogens is 254 g/mol. The Kier molecular flexibility index (Phi) is 4.46. The van der Waals surface area contributed by atoms with Crippen LogP contribution in [0.15, 0.2) is 61.7 Å². The first-order valence-corrected chi connectivity index (χ1v) is 6.45. The first-order chi connectivity index (χ1) is 9.67. The van der Waals surface area contributed by atoms with Crippen LogP contribution >= 0.6 is 0 Å². The lowest BCUT2D eigenvalue weighted by Gasteiger charge is -2.12. The van der Waals surface area contributed by atoms with Crippen molar-refractivity contribution in [3.63, 3.8) is 0 Å². The molecule has 0 N–H and O–H groups in total. The van der Waals surface area contributed by atoms with Gasteiger partial charge in [0.25, 0.3) is 0 Å². The van der Waals surface area contributed by atoms with E-state index in [1.165, 1.54) is 12.1 Å². The van der Waals surface area contributed by atoms with Crippen LogP contribution in [-0.4, -0.2) is 0 Å². The van der Waals surface area contributed by atoms with Crippen molar-refractivity contribution in [2.75, 3.05) is 0 Å². The van der Waals surface area contributed by atoms with Crippen LogP contribution in [0.5, 0.6) is 0 Å². The maximum Gasteiger partial charge on any atom is 0.130 e. The highest BCUT2D eigenvalue weighted by atomic mass is 19.1. The molecule has 0 amide bonds. The summed E-state index contributed by atoms with van der Waals surface area (Å²) in [5, 5.41) is 0. The Morgan fingerprint density at radius 2 is 1.50 bits per heavy atom. The molecule has 2 rings (SSSR count). The zero-order valence-corrected chi connectivity index (χ0v) is 11.2. The highest BCUT2D eigenvalue weighted by molar-refractivity contribution is 5.68. The molecular formula is C18H16F2. The number of allylic oxidation sites excluding steroid dienone is 2. The molecule has 0 nitrogen and oxygen atoms in total. The zero-order valence-electron chi connectivity index (χ0n) is 11.2. The summed E-state index contributed by atoms with van der Waals surface area (Å²) in [6.45, 7) is 7.31. The monoisotopic (exact) mass is 270 g/mol. The number of benzene rings is 2. The standard InChI is InChI=1S/C18H16F2/c1-3-5-14-9-12-16(17(6-4-2)18(14)20)13-7-10-15(19)11-8-13/h3-4,7-12H,1-2,5-6H2. The largest absolute Gasteiger partial charge is 0.207 e. The average molecular weight is 270 g/mol. The molecule has 102 valence electrons. The number of rotatable bonds is 5. The fraction of sp³-hybridized carbons (Fsp3) is 0.111. The van der Waals surface area contributed by atoms with Gasteiger partial charge in [0.05, 0.1) is 0 Å². The minimum Gasteiger partial charge on any atom is -0.207 e. The van der Waals surface area contributed by atoms with Crippen molar-refractivity contribution in [1.82, 2.24) is 0 Å². The molecule has 0 radical (unpaired) electrons. The van der Waals surface area contributed by atoms with Crippen LogP contribution in [0.4, 0.5) is 8.78 Å². The van der Waals surface area contributed by atoms with E-state index < -0.39 is 0 Å². The SMILES string of the molecule is C=CCc1ccc(-c2ccc(F)cc2)c(CC=C)c1F. The Labute approximate surface area is 118 Å². The Hall–Kier alpha value is -2.22. The minimum absolute atomic E-state index is 0.230. The van der Waals surface area contributed by atoms with Gasteiger partial charge < -0.3 is 0 Å². The van der Waals surface area contributed by atoms with E-state index in [-0.39, 0.29) is 11.6 Å². The van der Waals surface area contributed by atoms with Crippen molar-refractivity contribution >= 4 is 0 Å². The molecule has 0 atom stereocenters. The molecule has 0 fully saturated rings. The molecule has 20 heavy (non-hydrogen) atoms. The summed E-state index contributed by atoms with van der Waals surface area (Å²) >= 11 is 0. The van der Waals surface area contributed by atoms with Crippen LogP contribution in [-0.2, 0) is 12.8 Å². The summed E-state index contributed by atoms with van der Waals surface area (Å²) in [5.74, 6) is -0.533. The normalized spacial score (nSPS) is 10.3. The molecule has 2 aromatic carbocycles. The summed E-state index contributed by atoms with van der Waals surface area (Å²) < 4.78 is 27.5. The van der Waals surface area contributed by atoms with Gasteiger partial charge in [0.1, 0.15) is 11.6 Å². The number of hydrogen-bond donors (Lipinski definition) is 0. The second-order valence-corrected chi connectivity index (χ2v) is 4.56. The number of hydrogen-bond acceptors (Lipinski definition) is 0. The Bertz CT molecular complexity index is 625. The third kappa shape index (κ3) is 2.85.